The van der Waals surface area contributed by atoms with Gasteiger partial charge in [-0.25, -0.2) is 8.42 Å². The van der Waals surface area contributed by atoms with Gasteiger partial charge in [0, 0.05) is 24.4 Å². The molecule has 3 aromatic carbocycles. The quantitative estimate of drug-likeness (QED) is 0.607. The van der Waals surface area contributed by atoms with Crippen LogP contribution in [0, 0.1) is 6.92 Å². The molecular formula is C23H24N2O4S. The molecule has 0 aliphatic carbocycles. The molecule has 30 heavy (non-hydrogen) atoms. The summed E-state index contributed by atoms with van der Waals surface area (Å²) in [6.45, 7) is 4.21. The lowest BCUT2D eigenvalue weighted by Crippen LogP contribution is -2.27. The predicted octanol–water partition coefficient (Wildman–Crippen LogP) is 4.47. The highest BCUT2D eigenvalue weighted by Crippen LogP contribution is 2.26. The number of hydrogen-bond donors (Lipinski definition) is 1. The Hall–Kier alpha value is -3.32. The maximum absolute atomic E-state index is 12.9. The molecule has 0 radical (unpaired) electrons. The number of amides is 1. The third kappa shape index (κ3) is 4.63. The first-order chi connectivity index (χ1) is 14.3. The maximum Gasteiger partial charge on any atom is 0.264 e. The lowest BCUT2D eigenvalue weighted by Gasteiger charge is -2.22. The Morgan fingerprint density at radius 2 is 1.73 bits per heavy atom. The first kappa shape index (κ1) is 21.4. The van der Waals surface area contributed by atoms with E-state index < -0.39 is 10.0 Å². The van der Waals surface area contributed by atoms with Crippen LogP contribution in [-0.2, 0) is 10.0 Å². The number of carbonyl (C=O) groups is 1. The largest absolute Gasteiger partial charge is 0.494 e. The van der Waals surface area contributed by atoms with E-state index in [-0.39, 0.29) is 10.8 Å². The zero-order valence-corrected chi connectivity index (χ0v) is 17.9. The van der Waals surface area contributed by atoms with Crippen molar-refractivity contribution in [1.82, 2.24) is 0 Å². The number of benzene rings is 3. The fraction of sp³-hybridized carbons (Fsp3) is 0.174. The van der Waals surface area contributed by atoms with Crippen LogP contribution in [-0.4, -0.2) is 28.0 Å². The van der Waals surface area contributed by atoms with E-state index in [9.17, 15) is 13.2 Å². The highest BCUT2D eigenvalue weighted by atomic mass is 32.2. The smallest absolute Gasteiger partial charge is 0.264 e. The van der Waals surface area contributed by atoms with Crippen molar-refractivity contribution in [3.63, 3.8) is 0 Å². The van der Waals surface area contributed by atoms with Crippen LogP contribution in [0.2, 0.25) is 0 Å². The van der Waals surface area contributed by atoms with Gasteiger partial charge in [-0.2, -0.15) is 0 Å². The van der Waals surface area contributed by atoms with E-state index in [4.69, 9.17) is 4.74 Å². The van der Waals surface area contributed by atoms with Crippen LogP contribution in [0.3, 0.4) is 0 Å². The van der Waals surface area contributed by atoms with E-state index in [1.165, 1.54) is 11.4 Å². The summed E-state index contributed by atoms with van der Waals surface area (Å²) in [6, 6.07) is 20.3. The van der Waals surface area contributed by atoms with Gasteiger partial charge in [-0.1, -0.05) is 24.3 Å². The Bertz CT molecular complexity index is 1140. The molecule has 0 saturated carbocycles. The second kappa shape index (κ2) is 9.00. The summed E-state index contributed by atoms with van der Waals surface area (Å²) in [4.78, 5) is 12.9. The van der Waals surface area contributed by atoms with Crippen molar-refractivity contribution in [3.8, 4) is 5.75 Å². The second-order valence-corrected chi connectivity index (χ2v) is 8.67. The number of hydrogen-bond acceptors (Lipinski definition) is 4. The van der Waals surface area contributed by atoms with Gasteiger partial charge < -0.3 is 10.1 Å². The summed E-state index contributed by atoms with van der Waals surface area (Å²) in [6.07, 6.45) is 0. The van der Waals surface area contributed by atoms with Crippen molar-refractivity contribution in [2.75, 3.05) is 23.3 Å². The van der Waals surface area contributed by atoms with Crippen LogP contribution in [0.1, 0.15) is 22.8 Å². The number of ether oxygens (including phenoxy) is 1. The van der Waals surface area contributed by atoms with Crippen LogP contribution in [0.15, 0.2) is 77.7 Å². The zero-order chi connectivity index (χ0) is 21.7. The molecule has 7 heteroatoms. The topological polar surface area (TPSA) is 75.7 Å². The van der Waals surface area contributed by atoms with Crippen molar-refractivity contribution < 1.29 is 17.9 Å². The third-order valence-corrected chi connectivity index (χ3v) is 6.39. The van der Waals surface area contributed by atoms with Gasteiger partial charge in [0.15, 0.2) is 0 Å². The average molecular weight is 425 g/mol. The van der Waals surface area contributed by atoms with Gasteiger partial charge in [0.2, 0.25) is 0 Å². The number of rotatable bonds is 7. The summed E-state index contributed by atoms with van der Waals surface area (Å²) in [7, 11) is -2.18. The molecule has 0 unspecified atom stereocenters. The molecule has 0 fully saturated rings. The minimum atomic E-state index is -3.69. The monoisotopic (exact) mass is 424 g/mol. The molecule has 156 valence electrons. The fourth-order valence-electron chi connectivity index (χ4n) is 3.06. The van der Waals surface area contributed by atoms with Crippen molar-refractivity contribution in [2.45, 2.75) is 18.7 Å². The van der Waals surface area contributed by atoms with Gasteiger partial charge in [-0.15, -0.1) is 0 Å². The highest BCUT2D eigenvalue weighted by molar-refractivity contribution is 7.92. The number of sulfonamides is 1. The zero-order valence-electron chi connectivity index (χ0n) is 17.1. The molecule has 0 bridgehead atoms. The molecular weight excluding hydrogens is 400 g/mol. The molecule has 0 spiro atoms. The standard InChI is InChI=1S/C23H24N2O4S/c1-4-29-20-10-8-9-19(16-20)24-23(26)18-13-14-22(17(2)15-18)25(3)30(27,28)21-11-6-5-7-12-21/h5-16H,4H2,1-3H3,(H,24,26). The molecule has 0 aliphatic rings. The predicted molar refractivity (Wildman–Crippen MR) is 119 cm³/mol. The summed E-state index contributed by atoms with van der Waals surface area (Å²) < 4.78 is 32.4. The van der Waals surface area contributed by atoms with Crippen LogP contribution < -0.4 is 14.4 Å². The normalized spacial score (nSPS) is 11.0. The van der Waals surface area contributed by atoms with Gasteiger partial charge in [0.1, 0.15) is 5.75 Å². The van der Waals surface area contributed by atoms with E-state index in [0.717, 1.165) is 0 Å². The Labute approximate surface area is 177 Å². The SMILES string of the molecule is CCOc1cccc(NC(=O)c2ccc(N(C)S(=O)(=O)c3ccccc3)c(C)c2)c1. The Balaban J connectivity index is 1.81. The summed E-state index contributed by atoms with van der Waals surface area (Å²) >= 11 is 0. The van der Waals surface area contributed by atoms with Gasteiger partial charge in [0.05, 0.1) is 17.2 Å². The molecule has 3 aromatic rings. The number of aryl methyl sites for hydroxylation is 1. The van der Waals surface area contributed by atoms with Gasteiger partial charge in [0.25, 0.3) is 15.9 Å². The van der Waals surface area contributed by atoms with Gasteiger partial charge >= 0.3 is 0 Å². The summed E-state index contributed by atoms with van der Waals surface area (Å²) in [5, 5.41) is 2.84. The first-order valence-electron chi connectivity index (χ1n) is 9.51. The van der Waals surface area contributed by atoms with E-state index >= 15 is 0 Å². The number of anilines is 2. The van der Waals surface area contributed by atoms with Crippen molar-refractivity contribution in [2.24, 2.45) is 0 Å². The summed E-state index contributed by atoms with van der Waals surface area (Å²) in [5.41, 5.74) is 2.24. The molecule has 1 N–H and O–H groups in total. The molecule has 0 aromatic heterocycles. The molecule has 0 heterocycles. The molecule has 0 aliphatic heterocycles. The third-order valence-electron chi connectivity index (χ3n) is 4.60. The average Bonchev–Trinajstić information content (AvgIpc) is 2.74. The maximum atomic E-state index is 12.9. The first-order valence-corrected chi connectivity index (χ1v) is 11.0. The molecule has 6 nitrogen and oxygen atoms in total. The van der Waals surface area contributed by atoms with E-state index in [0.29, 0.717) is 34.9 Å². The lowest BCUT2D eigenvalue weighted by atomic mass is 10.1. The van der Waals surface area contributed by atoms with Crippen molar-refractivity contribution in [1.29, 1.82) is 0 Å². The van der Waals surface area contributed by atoms with Crippen molar-refractivity contribution in [3.05, 3.63) is 83.9 Å². The fourth-order valence-corrected chi connectivity index (χ4v) is 4.34. The number of carbonyl (C=O) groups excluding carboxylic acids is 1. The lowest BCUT2D eigenvalue weighted by molar-refractivity contribution is 0.102. The number of nitrogens with one attached hydrogen (secondary N) is 1. The van der Waals surface area contributed by atoms with E-state index in [2.05, 4.69) is 5.32 Å². The molecule has 0 atom stereocenters. The van der Waals surface area contributed by atoms with Crippen LogP contribution >= 0.6 is 0 Å². The molecule has 0 saturated heterocycles. The van der Waals surface area contributed by atoms with E-state index in [1.807, 2.05) is 13.0 Å². The van der Waals surface area contributed by atoms with Crippen LogP contribution in [0.25, 0.3) is 0 Å². The minimum Gasteiger partial charge on any atom is -0.494 e. The van der Waals surface area contributed by atoms with Gasteiger partial charge in [-0.05, 0) is 61.9 Å². The Kier molecular flexibility index (Phi) is 6.42. The van der Waals surface area contributed by atoms with Crippen LogP contribution in [0.4, 0.5) is 11.4 Å². The Morgan fingerprint density at radius 1 is 1.00 bits per heavy atom. The molecule has 3 rings (SSSR count). The molecule has 1 amide bonds. The second-order valence-electron chi connectivity index (χ2n) is 6.70. The highest BCUT2D eigenvalue weighted by Gasteiger charge is 2.22. The summed E-state index contributed by atoms with van der Waals surface area (Å²) in [5.74, 6) is 0.390. The Morgan fingerprint density at radius 3 is 2.40 bits per heavy atom. The number of nitrogens with zero attached hydrogens (tertiary/aromatic N) is 1. The van der Waals surface area contributed by atoms with E-state index in [1.54, 1.807) is 73.7 Å². The van der Waals surface area contributed by atoms with Crippen molar-refractivity contribution >= 4 is 27.3 Å². The minimum absolute atomic E-state index is 0.211. The van der Waals surface area contributed by atoms with Crippen LogP contribution in [0.5, 0.6) is 5.75 Å². The van der Waals surface area contributed by atoms with Gasteiger partial charge in [-0.3, -0.25) is 9.10 Å².